The number of carbonyl (C=O) groups excluding carboxylic acids is 1. The second-order valence-corrected chi connectivity index (χ2v) is 5.35. The van der Waals surface area contributed by atoms with Crippen LogP contribution in [0.5, 0.6) is 0 Å². The van der Waals surface area contributed by atoms with E-state index >= 15 is 0 Å². The number of allylic oxidation sites excluding steroid dienone is 1. The summed E-state index contributed by atoms with van der Waals surface area (Å²) in [4.78, 5) is 12.1. The number of nitrogens with zero attached hydrogens (tertiary/aromatic N) is 1. The quantitative estimate of drug-likeness (QED) is 0.627. The Morgan fingerprint density at radius 3 is 2.81 bits per heavy atom. The molecule has 3 atom stereocenters. The third-order valence-corrected chi connectivity index (χ3v) is 3.72. The average molecular weight is 219 g/mol. The molecule has 2 aliphatic rings. The predicted octanol–water partition coefficient (Wildman–Crippen LogP) is 2.23. The van der Waals surface area contributed by atoms with Crippen LogP contribution in [0.1, 0.15) is 33.6 Å². The number of ether oxygens (including phenoxy) is 1. The highest BCUT2D eigenvalue weighted by atomic mass is 16.5. The van der Waals surface area contributed by atoms with Gasteiger partial charge in [0.2, 0.25) is 0 Å². The monoisotopic (exact) mass is 219 g/mol. The first-order valence-electron chi connectivity index (χ1n) is 5.79. The number of ketones is 1. The summed E-state index contributed by atoms with van der Waals surface area (Å²) in [5.41, 5.74) is -0.261. The fraction of sp³-hybridized carbons (Fsp3) is 0.692. The molecule has 2 unspecified atom stereocenters. The van der Waals surface area contributed by atoms with Crippen molar-refractivity contribution in [3.05, 3.63) is 11.6 Å². The molecular formula is C13H17NO2. The van der Waals surface area contributed by atoms with E-state index in [1.807, 2.05) is 32.9 Å². The summed E-state index contributed by atoms with van der Waals surface area (Å²) in [6, 6.07) is 2.01. The van der Waals surface area contributed by atoms with Gasteiger partial charge in [-0.05, 0) is 33.6 Å². The van der Waals surface area contributed by atoms with Crippen LogP contribution in [-0.2, 0) is 9.53 Å². The first-order chi connectivity index (χ1) is 7.46. The van der Waals surface area contributed by atoms with Crippen molar-refractivity contribution in [2.75, 3.05) is 0 Å². The molecule has 16 heavy (non-hydrogen) atoms. The summed E-state index contributed by atoms with van der Waals surface area (Å²) in [6.07, 6.45) is 3.96. The van der Waals surface area contributed by atoms with Crippen molar-refractivity contribution >= 4 is 5.78 Å². The molecule has 1 aliphatic heterocycles. The molecule has 0 bridgehead atoms. The van der Waals surface area contributed by atoms with E-state index in [1.54, 1.807) is 0 Å². The fourth-order valence-electron chi connectivity index (χ4n) is 2.73. The molecular weight excluding hydrogens is 202 g/mol. The third-order valence-electron chi connectivity index (χ3n) is 3.72. The number of Topliss-reactive ketones (excluding diaryl/α,β-unsaturated/α-hetero) is 1. The van der Waals surface area contributed by atoms with Crippen LogP contribution < -0.4 is 0 Å². The van der Waals surface area contributed by atoms with Crippen LogP contribution >= 0.6 is 0 Å². The van der Waals surface area contributed by atoms with Gasteiger partial charge >= 0.3 is 0 Å². The van der Waals surface area contributed by atoms with Crippen molar-refractivity contribution in [1.82, 2.24) is 0 Å². The van der Waals surface area contributed by atoms with Crippen LogP contribution in [0.2, 0.25) is 0 Å². The first-order valence-corrected chi connectivity index (χ1v) is 5.79. The number of fused-ring (bicyclic) bond motifs is 1. The van der Waals surface area contributed by atoms with Crippen molar-refractivity contribution in [3.8, 4) is 6.07 Å². The molecule has 86 valence electrons. The second-order valence-electron chi connectivity index (χ2n) is 5.35. The van der Waals surface area contributed by atoms with E-state index in [-0.39, 0.29) is 23.9 Å². The SMILES string of the molecule is C[C@H]1CCC2C=C(C#N)C(=O)C(C)(C)C2O1. The molecule has 1 aliphatic carbocycles. The normalized spacial score (nSPS) is 37.2. The van der Waals surface area contributed by atoms with Gasteiger partial charge in [-0.25, -0.2) is 0 Å². The van der Waals surface area contributed by atoms with Crippen LogP contribution in [0.15, 0.2) is 11.6 Å². The van der Waals surface area contributed by atoms with E-state index in [0.717, 1.165) is 12.8 Å². The Labute approximate surface area is 96.1 Å². The maximum atomic E-state index is 12.1. The Hall–Kier alpha value is -1.14. The van der Waals surface area contributed by atoms with E-state index in [2.05, 4.69) is 0 Å². The van der Waals surface area contributed by atoms with Crippen LogP contribution in [0.3, 0.4) is 0 Å². The summed E-state index contributed by atoms with van der Waals surface area (Å²) in [5, 5.41) is 8.96. The van der Waals surface area contributed by atoms with Gasteiger partial charge in [0.15, 0.2) is 5.78 Å². The number of hydrogen-bond donors (Lipinski definition) is 0. The Kier molecular flexibility index (Phi) is 2.63. The van der Waals surface area contributed by atoms with Gasteiger partial charge in [0.1, 0.15) is 6.07 Å². The molecule has 1 fully saturated rings. The van der Waals surface area contributed by atoms with E-state index in [1.165, 1.54) is 0 Å². The molecule has 3 nitrogen and oxygen atoms in total. The topological polar surface area (TPSA) is 50.1 Å². The van der Waals surface area contributed by atoms with Gasteiger partial charge in [0, 0.05) is 5.92 Å². The average Bonchev–Trinajstić information content (AvgIpc) is 2.25. The van der Waals surface area contributed by atoms with Crippen LogP contribution in [0.25, 0.3) is 0 Å². The molecule has 2 rings (SSSR count). The smallest absolute Gasteiger partial charge is 0.181 e. The fourth-order valence-corrected chi connectivity index (χ4v) is 2.73. The zero-order valence-corrected chi connectivity index (χ0v) is 9.99. The van der Waals surface area contributed by atoms with E-state index in [4.69, 9.17) is 10.00 Å². The number of carbonyl (C=O) groups is 1. The lowest BCUT2D eigenvalue weighted by atomic mass is 9.67. The summed E-state index contributed by atoms with van der Waals surface area (Å²) >= 11 is 0. The van der Waals surface area contributed by atoms with E-state index in [0.29, 0.717) is 5.57 Å². The minimum Gasteiger partial charge on any atom is -0.374 e. The maximum Gasteiger partial charge on any atom is 0.181 e. The molecule has 0 saturated carbocycles. The van der Waals surface area contributed by atoms with Crippen molar-refractivity contribution in [2.24, 2.45) is 11.3 Å². The number of hydrogen-bond acceptors (Lipinski definition) is 3. The van der Waals surface area contributed by atoms with E-state index in [9.17, 15) is 4.79 Å². The molecule has 1 saturated heterocycles. The lowest BCUT2D eigenvalue weighted by molar-refractivity contribution is -0.150. The maximum absolute atomic E-state index is 12.1. The van der Waals surface area contributed by atoms with Crippen LogP contribution in [0, 0.1) is 22.7 Å². The van der Waals surface area contributed by atoms with Gasteiger partial charge in [-0.3, -0.25) is 4.79 Å². The standard InChI is InChI=1S/C13H17NO2/c1-8-4-5-9-6-10(7-14)11(15)13(2,3)12(9)16-8/h6,8-9,12H,4-5H2,1-3H3/t8-,9?,12?/m0/s1. The minimum atomic E-state index is -0.570. The van der Waals surface area contributed by atoms with Gasteiger partial charge < -0.3 is 4.74 Å². The molecule has 3 heteroatoms. The lowest BCUT2D eigenvalue weighted by Crippen LogP contribution is -2.50. The highest BCUT2D eigenvalue weighted by molar-refractivity contribution is 6.04. The largest absolute Gasteiger partial charge is 0.374 e. The number of nitriles is 1. The van der Waals surface area contributed by atoms with E-state index < -0.39 is 5.41 Å². The van der Waals surface area contributed by atoms with Gasteiger partial charge in [-0.1, -0.05) is 6.08 Å². The molecule has 0 aromatic carbocycles. The molecule has 0 radical (unpaired) electrons. The highest BCUT2D eigenvalue weighted by Crippen LogP contribution is 2.42. The molecule has 1 heterocycles. The zero-order chi connectivity index (χ0) is 11.9. The Balaban J connectivity index is 2.39. The summed E-state index contributed by atoms with van der Waals surface area (Å²) in [6.45, 7) is 5.81. The second kappa shape index (κ2) is 3.71. The van der Waals surface area contributed by atoms with Gasteiger partial charge in [-0.2, -0.15) is 5.26 Å². The van der Waals surface area contributed by atoms with Gasteiger partial charge in [0.05, 0.1) is 23.2 Å². The molecule has 0 N–H and O–H groups in total. The molecule has 0 aromatic rings. The summed E-state index contributed by atoms with van der Waals surface area (Å²) < 4.78 is 5.89. The predicted molar refractivity (Wildman–Crippen MR) is 59.5 cm³/mol. The van der Waals surface area contributed by atoms with Crippen molar-refractivity contribution < 1.29 is 9.53 Å². The summed E-state index contributed by atoms with van der Waals surface area (Å²) in [7, 11) is 0. The third kappa shape index (κ3) is 1.58. The lowest BCUT2D eigenvalue weighted by Gasteiger charge is -2.45. The Bertz CT molecular complexity index is 389. The van der Waals surface area contributed by atoms with Crippen LogP contribution in [0.4, 0.5) is 0 Å². The Morgan fingerprint density at radius 2 is 2.19 bits per heavy atom. The summed E-state index contributed by atoms with van der Waals surface area (Å²) in [5.74, 6) is 0.143. The first kappa shape index (κ1) is 11.3. The van der Waals surface area contributed by atoms with Crippen molar-refractivity contribution in [1.29, 1.82) is 5.26 Å². The molecule has 0 aromatic heterocycles. The number of rotatable bonds is 0. The van der Waals surface area contributed by atoms with Crippen molar-refractivity contribution in [3.63, 3.8) is 0 Å². The van der Waals surface area contributed by atoms with Crippen LogP contribution in [-0.4, -0.2) is 18.0 Å². The Morgan fingerprint density at radius 1 is 1.50 bits per heavy atom. The molecule has 0 spiro atoms. The zero-order valence-electron chi connectivity index (χ0n) is 9.99. The van der Waals surface area contributed by atoms with Gasteiger partial charge in [-0.15, -0.1) is 0 Å². The highest BCUT2D eigenvalue weighted by Gasteiger charge is 2.48. The van der Waals surface area contributed by atoms with Gasteiger partial charge in [0.25, 0.3) is 0 Å². The van der Waals surface area contributed by atoms with Crippen molar-refractivity contribution in [2.45, 2.75) is 45.8 Å². The minimum absolute atomic E-state index is 0.0687. The molecule has 0 amide bonds.